The van der Waals surface area contributed by atoms with Crippen molar-refractivity contribution < 1.29 is 5.11 Å². The van der Waals surface area contributed by atoms with Crippen molar-refractivity contribution in [3.8, 4) is 0 Å². The topological polar surface area (TPSA) is 20.2 Å². The molecule has 1 aliphatic rings. The van der Waals surface area contributed by atoms with Crippen LogP contribution in [-0.4, -0.2) is 11.2 Å². The fourth-order valence-corrected chi connectivity index (χ4v) is 2.65. The Morgan fingerprint density at radius 3 is 2.50 bits per heavy atom. The zero-order valence-electron chi connectivity index (χ0n) is 8.59. The number of hydrogen-bond acceptors (Lipinski definition) is 1. The molecule has 0 aliphatic heterocycles. The van der Waals surface area contributed by atoms with Crippen LogP contribution in [0.4, 0.5) is 0 Å². The van der Waals surface area contributed by atoms with E-state index in [0.717, 1.165) is 5.92 Å². The van der Waals surface area contributed by atoms with Gasteiger partial charge in [-0.1, -0.05) is 27.2 Å². The number of aliphatic hydroxyl groups excluding tert-OH is 1. The summed E-state index contributed by atoms with van der Waals surface area (Å²) < 4.78 is 0. The Hall–Kier alpha value is -0.0400. The third kappa shape index (κ3) is 2.22. The number of aliphatic hydroxyl groups is 1. The monoisotopic (exact) mass is 170 g/mol. The van der Waals surface area contributed by atoms with Gasteiger partial charge in [0, 0.05) is 0 Å². The van der Waals surface area contributed by atoms with E-state index in [2.05, 4.69) is 20.8 Å². The molecule has 4 unspecified atom stereocenters. The maximum absolute atomic E-state index is 9.89. The molecule has 0 spiro atoms. The lowest BCUT2D eigenvalue weighted by atomic mass is 9.73. The van der Waals surface area contributed by atoms with E-state index < -0.39 is 0 Å². The summed E-state index contributed by atoms with van der Waals surface area (Å²) in [5, 5.41) is 9.89. The molecule has 0 radical (unpaired) electrons. The van der Waals surface area contributed by atoms with Gasteiger partial charge in [0.15, 0.2) is 0 Å². The lowest BCUT2D eigenvalue weighted by molar-refractivity contribution is 0.00321. The maximum Gasteiger partial charge on any atom is 0.0594 e. The Morgan fingerprint density at radius 2 is 1.92 bits per heavy atom. The van der Waals surface area contributed by atoms with Crippen molar-refractivity contribution >= 4 is 0 Å². The smallest absolute Gasteiger partial charge is 0.0594 e. The van der Waals surface area contributed by atoms with E-state index in [9.17, 15) is 5.11 Å². The second-order valence-corrected chi connectivity index (χ2v) is 4.59. The van der Waals surface area contributed by atoms with Crippen LogP contribution in [0.3, 0.4) is 0 Å². The van der Waals surface area contributed by atoms with Crippen LogP contribution in [0, 0.1) is 17.8 Å². The van der Waals surface area contributed by atoms with Crippen LogP contribution in [0.15, 0.2) is 0 Å². The maximum atomic E-state index is 9.89. The number of rotatable bonds is 2. The van der Waals surface area contributed by atoms with E-state index in [0.29, 0.717) is 11.8 Å². The normalized spacial score (nSPS) is 43.0. The van der Waals surface area contributed by atoms with E-state index in [1.807, 2.05) is 0 Å². The summed E-state index contributed by atoms with van der Waals surface area (Å²) in [4.78, 5) is 0. The Balaban J connectivity index is 2.47. The summed E-state index contributed by atoms with van der Waals surface area (Å²) in [6.45, 7) is 6.70. The summed E-state index contributed by atoms with van der Waals surface area (Å²) >= 11 is 0. The zero-order chi connectivity index (χ0) is 9.14. The van der Waals surface area contributed by atoms with Gasteiger partial charge in [0.1, 0.15) is 0 Å². The van der Waals surface area contributed by atoms with E-state index in [1.54, 1.807) is 0 Å². The standard InChI is InChI=1S/C11H22O/c1-4-5-10-7-8(2)6-9(3)11(10)12/h8-12H,4-7H2,1-3H3. The third-order valence-electron chi connectivity index (χ3n) is 3.20. The minimum absolute atomic E-state index is 0.0267. The molecular weight excluding hydrogens is 148 g/mol. The van der Waals surface area contributed by atoms with E-state index >= 15 is 0 Å². The highest BCUT2D eigenvalue weighted by molar-refractivity contribution is 4.82. The highest BCUT2D eigenvalue weighted by Crippen LogP contribution is 2.35. The predicted octanol–water partition coefficient (Wildman–Crippen LogP) is 2.83. The van der Waals surface area contributed by atoms with Crippen molar-refractivity contribution in [2.75, 3.05) is 0 Å². The van der Waals surface area contributed by atoms with Crippen molar-refractivity contribution in [3.63, 3.8) is 0 Å². The molecule has 1 N–H and O–H groups in total. The summed E-state index contributed by atoms with van der Waals surface area (Å²) in [6.07, 6.45) is 4.83. The second-order valence-electron chi connectivity index (χ2n) is 4.59. The van der Waals surface area contributed by atoms with E-state index in [1.165, 1.54) is 25.7 Å². The molecule has 4 atom stereocenters. The SMILES string of the molecule is CCCC1CC(C)CC(C)C1O. The van der Waals surface area contributed by atoms with Gasteiger partial charge >= 0.3 is 0 Å². The Labute approximate surface area is 76.2 Å². The summed E-state index contributed by atoms with van der Waals surface area (Å²) in [5.41, 5.74) is 0. The molecule has 1 rings (SSSR count). The van der Waals surface area contributed by atoms with Gasteiger partial charge in [-0.2, -0.15) is 0 Å². The molecule has 0 saturated heterocycles. The minimum atomic E-state index is -0.0267. The van der Waals surface area contributed by atoms with Crippen molar-refractivity contribution in [1.29, 1.82) is 0 Å². The van der Waals surface area contributed by atoms with Crippen LogP contribution >= 0.6 is 0 Å². The molecule has 0 aromatic heterocycles. The first-order chi connectivity index (χ1) is 5.65. The molecule has 12 heavy (non-hydrogen) atoms. The van der Waals surface area contributed by atoms with Crippen LogP contribution in [0.5, 0.6) is 0 Å². The molecule has 1 fully saturated rings. The van der Waals surface area contributed by atoms with Crippen LogP contribution in [0.25, 0.3) is 0 Å². The zero-order valence-corrected chi connectivity index (χ0v) is 8.59. The lowest BCUT2D eigenvalue weighted by Crippen LogP contribution is -2.34. The van der Waals surface area contributed by atoms with Gasteiger partial charge < -0.3 is 5.11 Å². The van der Waals surface area contributed by atoms with Crippen molar-refractivity contribution in [2.45, 2.75) is 52.6 Å². The van der Waals surface area contributed by atoms with Crippen LogP contribution in [-0.2, 0) is 0 Å². The van der Waals surface area contributed by atoms with Gasteiger partial charge in [-0.05, 0) is 37.0 Å². The number of hydrogen-bond donors (Lipinski definition) is 1. The summed E-state index contributed by atoms with van der Waals surface area (Å²) in [5.74, 6) is 1.92. The second kappa shape index (κ2) is 4.27. The molecule has 0 bridgehead atoms. The molecule has 0 aromatic carbocycles. The first kappa shape index (κ1) is 10.0. The Morgan fingerprint density at radius 1 is 1.25 bits per heavy atom. The van der Waals surface area contributed by atoms with Gasteiger partial charge in [-0.15, -0.1) is 0 Å². The summed E-state index contributed by atoms with van der Waals surface area (Å²) in [6, 6.07) is 0. The highest BCUT2D eigenvalue weighted by atomic mass is 16.3. The molecule has 1 nitrogen and oxygen atoms in total. The predicted molar refractivity (Wildman–Crippen MR) is 52.0 cm³/mol. The van der Waals surface area contributed by atoms with E-state index in [4.69, 9.17) is 0 Å². The van der Waals surface area contributed by atoms with Crippen LogP contribution < -0.4 is 0 Å². The Bertz CT molecular complexity index is 133. The molecule has 0 aromatic rings. The molecule has 1 aliphatic carbocycles. The van der Waals surface area contributed by atoms with Gasteiger partial charge in [-0.25, -0.2) is 0 Å². The molecule has 72 valence electrons. The quantitative estimate of drug-likeness (QED) is 0.675. The minimum Gasteiger partial charge on any atom is -0.393 e. The first-order valence-electron chi connectivity index (χ1n) is 5.33. The average molecular weight is 170 g/mol. The van der Waals surface area contributed by atoms with Gasteiger partial charge in [0.25, 0.3) is 0 Å². The third-order valence-corrected chi connectivity index (χ3v) is 3.20. The van der Waals surface area contributed by atoms with Crippen molar-refractivity contribution in [1.82, 2.24) is 0 Å². The van der Waals surface area contributed by atoms with Crippen molar-refractivity contribution in [3.05, 3.63) is 0 Å². The highest BCUT2D eigenvalue weighted by Gasteiger charge is 2.31. The summed E-state index contributed by atoms with van der Waals surface area (Å²) in [7, 11) is 0. The van der Waals surface area contributed by atoms with Gasteiger partial charge in [0.05, 0.1) is 6.10 Å². The van der Waals surface area contributed by atoms with E-state index in [-0.39, 0.29) is 6.10 Å². The largest absolute Gasteiger partial charge is 0.393 e. The lowest BCUT2D eigenvalue weighted by Gasteiger charge is -2.36. The molecule has 1 saturated carbocycles. The fraction of sp³-hybridized carbons (Fsp3) is 1.00. The molecule has 0 amide bonds. The van der Waals surface area contributed by atoms with Crippen LogP contribution in [0.2, 0.25) is 0 Å². The molecule has 0 heterocycles. The molecule has 1 heteroatoms. The van der Waals surface area contributed by atoms with Crippen LogP contribution in [0.1, 0.15) is 46.5 Å². The Kier molecular flexibility index (Phi) is 3.57. The van der Waals surface area contributed by atoms with Crippen molar-refractivity contribution in [2.24, 2.45) is 17.8 Å². The first-order valence-corrected chi connectivity index (χ1v) is 5.33. The average Bonchev–Trinajstić information content (AvgIpc) is 2.00. The molecular formula is C11H22O. The fourth-order valence-electron chi connectivity index (χ4n) is 2.65. The van der Waals surface area contributed by atoms with Gasteiger partial charge in [-0.3, -0.25) is 0 Å². The van der Waals surface area contributed by atoms with Gasteiger partial charge in [0.2, 0.25) is 0 Å².